The number of ether oxygens (including phenoxy) is 2. The lowest BCUT2D eigenvalue weighted by Gasteiger charge is -2.39. The second-order valence-electron chi connectivity index (χ2n) is 7.68. The lowest BCUT2D eigenvalue weighted by atomic mass is 9.99. The van der Waals surface area contributed by atoms with Crippen LogP contribution in [0, 0.1) is 12.7 Å². The van der Waals surface area contributed by atoms with E-state index in [0.717, 1.165) is 6.07 Å². The van der Waals surface area contributed by atoms with Crippen molar-refractivity contribution in [1.82, 2.24) is 9.78 Å². The van der Waals surface area contributed by atoms with Crippen molar-refractivity contribution in [2.75, 3.05) is 6.61 Å². The Labute approximate surface area is 172 Å². The number of halogens is 1. The summed E-state index contributed by atoms with van der Waals surface area (Å²) in [6.45, 7) is 5.02. The van der Waals surface area contributed by atoms with Crippen molar-refractivity contribution in [3.05, 3.63) is 40.8 Å². The highest BCUT2D eigenvalue weighted by molar-refractivity contribution is 5.38. The van der Waals surface area contributed by atoms with Gasteiger partial charge in [0.05, 0.1) is 6.61 Å². The van der Waals surface area contributed by atoms with Crippen LogP contribution < -0.4 is 4.74 Å². The molecule has 10 heteroatoms. The summed E-state index contributed by atoms with van der Waals surface area (Å²) in [5, 5.41) is 53.4. The lowest BCUT2D eigenvalue weighted by molar-refractivity contribution is -0.278. The first kappa shape index (κ1) is 22.4. The first-order valence-electron chi connectivity index (χ1n) is 9.66. The minimum absolute atomic E-state index is 0.0411. The number of benzene rings is 1. The summed E-state index contributed by atoms with van der Waals surface area (Å²) in [6.07, 6.45) is -7.13. The van der Waals surface area contributed by atoms with Crippen molar-refractivity contribution in [2.45, 2.75) is 63.9 Å². The van der Waals surface area contributed by atoms with E-state index in [4.69, 9.17) is 9.47 Å². The zero-order valence-corrected chi connectivity index (χ0v) is 16.9. The van der Waals surface area contributed by atoms with Crippen molar-refractivity contribution in [1.29, 1.82) is 0 Å². The van der Waals surface area contributed by atoms with Crippen LogP contribution in [0.2, 0.25) is 0 Å². The summed E-state index contributed by atoms with van der Waals surface area (Å²) in [5.41, 5.74) is 1.54. The third kappa shape index (κ3) is 4.28. The minimum Gasteiger partial charge on any atom is -0.508 e. The van der Waals surface area contributed by atoms with Crippen LogP contribution in [0.15, 0.2) is 18.2 Å². The van der Waals surface area contributed by atoms with Crippen molar-refractivity contribution >= 4 is 0 Å². The van der Waals surface area contributed by atoms with Crippen LogP contribution in [-0.4, -0.2) is 72.6 Å². The number of hydrogen-bond donors (Lipinski definition) is 5. The van der Waals surface area contributed by atoms with Gasteiger partial charge in [0.25, 0.3) is 0 Å². The molecule has 9 nitrogen and oxygen atoms in total. The first-order valence-corrected chi connectivity index (χ1v) is 9.66. The molecule has 1 aromatic carbocycles. The van der Waals surface area contributed by atoms with E-state index in [2.05, 4.69) is 5.10 Å². The van der Waals surface area contributed by atoms with Gasteiger partial charge < -0.3 is 35.0 Å². The second kappa shape index (κ2) is 8.86. The molecule has 5 N–H and O–H groups in total. The molecule has 5 atom stereocenters. The summed E-state index contributed by atoms with van der Waals surface area (Å²) >= 11 is 0. The SMILES string of the molecule is Cc1c(Cc2ccc(O)cc2F)c(O[C@@H]2O[C@H](CO)[C@@H](O)[C@H](O)[C@H]2O)nn1C(C)C. The molecule has 1 saturated heterocycles. The van der Waals surface area contributed by atoms with Gasteiger partial charge >= 0.3 is 0 Å². The van der Waals surface area contributed by atoms with Crippen LogP contribution in [0.5, 0.6) is 11.6 Å². The fraction of sp³-hybridized carbons (Fsp3) is 0.550. The molecular weight excluding hydrogens is 399 g/mol. The van der Waals surface area contributed by atoms with E-state index in [1.165, 1.54) is 12.1 Å². The van der Waals surface area contributed by atoms with Gasteiger partial charge in [-0.15, -0.1) is 5.10 Å². The highest BCUT2D eigenvalue weighted by Crippen LogP contribution is 2.31. The Bertz CT molecular complexity index is 886. The highest BCUT2D eigenvalue weighted by atomic mass is 19.1. The predicted octanol–water partition coefficient (Wildman–Crippen LogP) is 0.387. The topological polar surface area (TPSA) is 137 Å². The number of hydrogen-bond acceptors (Lipinski definition) is 8. The predicted molar refractivity (Wildman–Crippen MR) is 103 cm³/mol. The van der Waals surface area contributed by atoms with Gasteiger partial charge in [0.1, 0.15) is 36.0 Å². The third-order valence-electron chi connectivity index (χ3n) is 5.21. The van der Waals surface area contributed by atoms with Crippen molar-refractivity contribution in [3.8, 4) is 11.6 Å². The monoisotopic (exact) mass is 426 g/mol. The fourth-order valence-electron chi connectivity index (χ4n) is 3.47. The van der Waals surface area contributed by atoms with Gasteiger partial charge in [-0.25, -0.2) is 4.39 Å². The molecule has 30 heavy (non-hydrogen) atoms. The number of aliphatic hydroxyl groups excluding tert-OH is 4. The van der Waals surface area contributed by atoms with Crippen molar-refractivity contribution < 1.29 is 39.4 Å². The van der Waals surface area contributed by atoms with E-state index in [-0.39, 0.29) is 24.1 Å². The van der Waals surface area contributed by atoms with Gasteiger partial charge in [0.15, 0.2) is 0 Å². The molecule has 0 aliphatic carbocycles. The molecule has 0 bridgehead atoms. The van der Waals surface area contributed by atoms with Gasteiger partial charge in [-0.2, -0.15) is 0 Å². The molecule has 0 unspecified atom stereocenters. The Morgan fingerprint density at radius 2 is 1.90 bits per heavy atom. The zero-order chi connectivity index (χ0) is 22.2. The zero-order valence-electron chi connectivity index (χ0n) is 16.9. The van der Waals surface area contributed by atoms with Crippen molar-refractivity contribution in [3.63, 3.8) is 0 Å². The molecule has 0 amide bonds. The Hall–Kier alpha value is -2.24. The molecule has 0 saturated carbocycles. The Morgan fingerprint density at radius 3 is 2.50 bits per heavy atom. The largest absolute Gasteiger partial charge is 0.508 e. The highest BCUT2D eigenvalue weighted by Gasteiger charge is 2.45. The van der Waals surface area contributed by atoms with E-state index in [0.29, 0.717) is 16.8 Å². The van der Waals surface area contributed by atoms with Gasteiger partial charge in [0.2, 0.25) is 12.2 Å². The van der Waals surface area contributed by atoms with Crippen LogP contribution in [0.4, 0.5) is 4.39 Å². The van der Waals surface area contributed by atoms with Crippen LogP contribution in [0.1, 0.15) is 36.7 Å². The molecule has 2 heterocycles. The molecule has 166 valence electrons. The van der Waals surface area contributed by atoms with E-state index in [1.54, 1.807) is 11.6 Å². The van der Waals surface area contributed by atoms with E-state index in [9.17, 15) is 29.9 Å². The number of aliphatic hydroxyl groups is 4. The standard InChI is InChI=1S/C20H27FN2O7/c1-9(2)23-10(3)13(6-11-4-5-12(25)7-14(11)21)19(22-23)30-20-18(28)17(27)16(26)15(8-24)29-20/h4-5,7,9,15-18,20,24-28H,6,8H2,1-3H3/t15-,16-,17+,18-,20+/m1/s1. The smallest absolute Gasteiger partial charge is 0.239 e. The number of phenolic OH excluding ortho intramolecular Hbond substituents is 1. The summed E-state index contributed by atoms with van der Waals surface area (Å²) in [6, 6.07) is 3.80. The summed E-state index contributed by atoms with van der Waals surface area (Å²) in [5.74, 6) is -0.716. The van der Waals surface area contributed by atoms with E-state index >= 15 is 0 Å². The van der Waals surface area contributed by atoms with Gasteiger partial charge in [-0.3, -0.25) is 4.68 Å². The first-order chi connectivity index (χ1) is 14.1. The fourth-order valence-corrected chi connectivity index (χ4v) is 3.47. The normalized spacial score (nSPS) is 26.9. The average molecular weight is 426 g/mol. The molecule has 3 rings (SSSR count). The maximum absolute atomic E-state index is 14.3. The summed E-state index contributed by atoms with van der Waals surface area (Å²) in [4.78, 5) is 0. The molecule has 0 radical (unpaired) electrons. The number of aromatic hydroxyl groups is 1. The van der Waals surface area contributed by atoms with Crippen LogP contribution in [-0.2, 0) is 11.2 Å². The van der Waals surface area contributed by atoms with E-state index in [1.807, 2.05) is 13.8 Å². The Morgan fingerprint density at radius 1 is 1.20 bits per heavy atom. The van der Waals surface area contributed by atoms with Crippen LogP contribution in [0.25, 0.3) is 0 Å². The minimum atomic E-state index is -1.59. The number of nitrogens with zero attached hydrogens (tertiary/aromatic N) is 2. The van der Waals surface area contributed by atoms with Crippen molar-refractivity contribution in [2.24, 2.45) is 0 Å². The quantitative estimate of drug-likeness (QED) is 0.447. The summed E-state index contributed by atoms with van der Waals surface area (Å²) in [7, 11) is 0. The van der Waals surface area contributed by atoms with Gasteiger partial charge in [0, 0.05) is 29.8 Å². The lowest BCUT2D eigenvalue weighted by Crippen LogP contribution is -2.60. The Balaban J connectivity index is 1.94. The summed E-state index contributed by atoms with van der Waals surface area (Å²) < 4.78 is 27.1. The second-order valence-corrected chi connectivity index (χ2v) is 7.68. The molecular formula is C20H27FN2O7. The third-order valence-corrected chi connectivity index (χ3v) is 5.21. The maximum Gasteiger partial charge on any atom is 0.239 e. The van der Waals surface area contributed by atoms with Crippen LogP contribution >= 0.6 is 0 Å². The molecule has 1 fully saturated rings. The van der Waals surface area contributed by atoms with Crippen LogP contribution in [0.3, 0.4) is 0 Å². The molecule has 1 aromatic heterocycles. The van der Waals surface area contributed by atoms with E-state index < -0.39 is 43.1 Å². The number of aromatic nitrogens is 2. The molecule has 0 spiro atoms. The molecule has 1 aliphatic heterocycles. The number of phenols is 1. The van der Waals surface area contributed by atoms with Gasteiger partial charge in [-0.05, 0) is 32.4 Å². The maximum atomic E-state index is 14.3. The Kier molecular flexibility index (Phi) is 6.63. The molecule has 2 aromatic rings. The average Bonchev–Trinajstić information content (AvgIpc) is 3.00. The molecule has 1 aliphatic rings. The van der Waals surface area contributed by atoms with Gasteiger partial charge in [-0.1, -0.05) is 6.07 Å². The number of rotatable bonds is 6.